The number of carbonyl (C=O) groups excluding carboxylic acids is 1. The third kappa shape index (κ3) is 7.79. The lowest BCUT2D eigenvalue weighted by Gasteiger charge is -2.23. The fourth-order valence-corrected chi connectivity index (χ4v) is 5.57. The molecule has 244 valence electrons. The van der Waals surface area contributed by atoms with Crippen molar-refractivity contribution in [3.8, 4) is 22.8 Å². The number of amides is 1. The Hall–Kier alpha value is -5.21. The van der Waals surface area contributed by atoms with E-state index in [1.165, 1.54) is 25.7 Å². The number of carbonyl (C=O) groups is 1. The van der Waals surface area contributed by atoms with E-state index in [1.807, 2.05) is 13.0 Å². The van der Waals surface area contributed by atoms with E-state index < -0.39 is 22.9 Å². The van der Waals surface area contributed by atoms with Crippen molar-refractivity contribution in [2.45, 2.75) is 32.6 Å². The number of fused-ring (bicyclic) bond motifs is 1. The van der Waals surface area contributed by atoms with E-state index in [9.17, 15) is 22.3 Å². The van der Waals surface area contributed by atoms with Crippen LogP contribution in [0.5, 0.6) is 11.6 Å². The summed E-state index contributed by atoms with van der Waals surface area (Å²) in [4.78, 5) is 25.4. The number of unbranched alkanes of at least 4 members (excludes halogenated alkanes) is 2. The summed E-state index contributed by atoms with van der Waals surface area (Å²) >= 11 is -2.78. The number of methoxy groups -OCH3 is 1. The molecule has 0 aliphatic rings. The maximum Gasteiger partial charge on any atom is 0.266 e. The quantitative estimate of drug-likeness (QED) is 0.0708. The van der Waals surface area contributed by atoms with Gasteiger partial charge in [-0.25, -0.2) is 32.2 Å². The Kier molecular flexibility index (Phi) is 10.5. The molecule has 0 aliphatic carbocycles. The Labute approximate surface area is 272 Å². The van der Waals surface area contributed by atoms with Crippen LogP contribution in [0.3, 0.4) is 0 Å². The van der Waals surface area contributed by atoms with E-state index in [0.717, 1.165) is 22.9 Å². The topological polar surface area (TPSA) is 153 Å². The molecule has 1 amide bonds. The summed E-state index contributed by atoms with van der Waals surface area (Å²) in [5, 5.41) is 3.53. The standard InChI is InChI=1S/C33H32F2N6O5S/c1-20-24-14-21(22-15-29(33(45-2)37-18-22)41(47(43)44)28-12-11-23(34)17-25(28)35)16-30(32(24)39-19-38-20)46-13-7-3-4-10-31(42)40-27-9-6-5-8-26(27)36/h5-6,8-9,11-12,14-19H,3-4,7,10,13,36H2,1-2H3,(H,40,42)(H,43,44). The number of nitrogens with two attached hydrogens (primary N) is 1. The first kappa shape index (κ1) is 33.2. The fourth-order valence-electron chi connectivity index (χ4n) is 4.95. The molecule has 0 radical (unpaired) electrons. The van der Waals surface area contributed by atoms with Crippen LogP contribution in [0.4, 0.5) is 31.5 Å². The largest absolute Gasteiger partial charge is 0.491 e. The van der Waals surface area contributed by atoms with Crippen molar-refractivity contribution in [3.63, 3.8) is 0 Å². The van der Waals surface area contributed by atoms with E-state index >= 15 is 0 Å². The zero-order valence-corrected chi connectivity index (χ0v) is 26.4. The lowest BCUT2D eigenvalue weighted by Crippen LogP contribution is -2.21. The second-order valence-corrected chi connectivity index (χ2v) is 11.3. The molecule has 0 saturated carbocycles. The van der Waals surface area contributed by atoms with Gasteiger partial charge in [0.25, 0.3) is 11.3 Å². The third-order valence-electron chi connectivity index (χ3n) is 7.31. The van der Waals surface area contributed by atoms with Crippen molar-refractivity contribution in [2.75, 3.05) is 29.1 Å². The molecule has 0 fully saturated rings. The lowest BCUT2D eigenvalue weighted by molar-refractivity contribution is -0.116. The van der Waals surface area contributed by atoms with Gasteiger partial charge in [-0.3, -0.25) is 9.35 Å². The third-order valence-corrected chi connectivity index (χ3v) is 8.01. The van der Waals surface area contributed by atoms with E-state index in [1.54, 1.807) is 30.3 Å². The van der Waals surface area contributed by atoms with Crippen LogP contribution in [-0.4, -0.2) is 43.3 Å². The fraction of sp³-hybridized carbons (Fsp3) is 0.212. The minimum atomic E-state index is -2.78. The molecule has 0 bridgehead atoms. The van der Waals surface area contributed by atoms with Gasteiger partial charge < -0.3 is 20.5 Å². The highest BCUT2D eigenvalue weighted by molar-refractivity contribution is 7.81. The highest BCUT2D eigenvalue weighted by Gasteiger charge is 2.25. The van der Waals surface area contributed by atoms with Gasteiger partial charge in [0.2, 0.25) is 11.8 Å². The predicted octanol–water partition coefficient (Wildman–Crippen LogP) is 6.72. The maximum atomic E-state index is 14.8. The molecule has 11 nitrogen and oxygen atoms in total. The number of para-hydroxylation sites is 2. The molecule has 4 N–H and O–H groups in total. The number of ether oxygens (including phenoxy) is 2. The van der Waals surface area contributed by atoms with Gasteiger partial charge in [0.15, 0.2) is 5.82 Å². The summed E-state index contributed by atoms with van der Waals surface area (Å²) in [6, 6.07) is 14.8. The molecule has 5 aromatic rings. The summed E-state index contributed by atoms with van der Waals surface area (Å²) in [7, 11) is 1.32. The van der Waals surface area contributed by atoms with Crippen molar-refractivity contribution >= 4 is 50.8 Å². The molecule has 47 heavy (non-hydrogen) atoms. The van der Waals surface area contributed by atoms with Crippen molar-refractivity contribution in [3.05, 3.63) is 90.5 Å². The molecule has 2 aromatic heterocycles. The zero-order chi connectivity index (χ0) is 33.5. The first-order valence-corrected chi connectivity index (χ1v) is 15.7. The monoisotopic (exact) mass is 662 g/mol. The highest BCUT2D eigenvalue weighted by atomic mass is 32.2. The van der Waals surface area contributed by atoms with E-state index in [4.69, 9.17) is 15.2 Å². The van der Waals surface area contributed by atoms with Gasteiger partial charge in [-0.2, -0.15) is 0 Å². The molecule has 1 unspecified atom stereocenters. The number of halogens is 2. The number of aryl methyl sites for hydroxylation is 1. The van der Waals surface area contributed by atoms with Gasteiger partial charge in [0, 0.05) is 35.3 Å². The number of pyridine rings is 1. The number of rotatable bonds is 13. The summed E-state index contributed by atoms with van der Waals surface area (Å²) in [6.07, 6.45) is 5.35. The SMILES string of the molecule is COc1ncc(-c2cc(OCCCCCC(=O)Nc3ccccc3N)c3ncnc(C)c3c2)cc1N(c1ccc(F)cc1F)S(=O)O. The van der Waals surface area contributed by atoms with Crippen molar-refractivity contribution in [1.82, 2.24) is 15.0 Å². The first-order valence-electron chi connectivity index (χ1n) is 14.6. The summed E-state index contributed by atoms with van der Waals surface area (Å²) in [5.41, 5.74) is 9.00. The van der Waals surface area contributed by atoms with E-state index in [0.29, 0.717) is 76.8 Å². The van der Waals surface area contributed by atoms with Gasteiger partial charge in [0.05, 0.1) is 30.8 Å². The minimum Gasteiger partial charge on any atom is -0.491 e. The van der Waals surface area contributed by atoms with Gasteiger partial charge in [-0.1, -0.05) is 12.1 Å². The molecular weight excluding hydrogens is 630 g/mol. The van der Waals surface area contributed by atoms with Gasteiger partial charge in [0.1, 0.15) is 29.1 Å². The van der Waals surface area contributed by atoms with Gasteiger partial charge >= 0.3 is 0 Å². The van der Waals surface area contributed by atoms with Gasteiger partial charge in [-0.15, -0.1) is 0 Å². The van der Waals surface area contributed by atoms with Crippen LogP contribution < -0.4 is 24.8 Å². The van der Waals surface area contributed by atoms with E-state index in [-0.39, 0.29) is 23.2 Å². The second kappa shape index (κ2) is 14.9. The molecule has 5 rings (SSSR count). The Morgan fingerprint density at radius 3 is 2.55 bits per heavy atom. The summed E-state index contributed by atoms with van der Waals surface area (Å²) < 4.78 is 63.3. The summed E-state index contributed by atoms with van der Waals surface area (Å²) in [5.74, 6) is -1.58. The molecule has 0 saturated heterocycles. The lowest BCUT2D eigenvalue weighted by atomic mass is 10.0. The van der Waals surface area contributed by atoms with Crippen molar-refractivity contribution in [2.24, 2.45) is 0 Å². The molecule has 1 atom stereocenters. The van der Waals surface area contributed by atoms with Crippen LogP contribution in [-0.2, 0) is 16.1 Å². The smallest absolute Gasteiger partial charge is 0.266 e. The van der Waals surface area contributed by atoms with Crippen LogP contribution in [0.2, 0.25) is 0 Å². The number of nitrogens with one attached hydrogen (secondary N) is 1. The number of aromatic nitrogens is 3. The normalized spacial score (nSPS) is 11.7. The number of hydrogen-bond acceptors (Lipinski definition) is 8. The summed E-state index contributed by atoms with van der Waals surface area (Å²) in [6.45, 7) is 2.18. The number of nitrogens with zero attached hydrogens (tertiary/aromatic N) is 4. The Balaban J connectivity index is 1.36. The number of hydrogen-bond donors (Lipinski definition) is 3. The molecule has 3 aromatic carbocycles. The molecule has 14 heteroatoms. The predicted molar refractivity (Wildman–Crippen MR) is 177 cm³/mol. The number of benzene rings is 3. The highest BCUT2D eigenvalue weighted by Crippen LogP contribution is 2.39. The molecular formula is C33H32F2N6O5S. The Bertz CT molecular complexity index is 1950. The van der Waals surface area contributed by atoms with Crippen LogP contribution in [0.15, 0.2) is 73.2 Å². The first-order chi connectivity index (χ1) is 22.7. The number of anilines is 4. The van der Waals surface area contributed by atoms with Crippen LogP contribution >= 0.6 is 0 Å². The zero-order valence-electron chi connectivity index (χ0n) is 25.6. The average molecular weight is 663 g/mol. The van der Waals surface area contributed by atoms with Crippen LogP contribution in [0.25, 0.3) is 22.0 Å². The van der Waals surface area contributed by atoms with Gasteiger partial charge in [-0.05, 0) is 74.2 Å². The van der Waals surface area contributed by atoms with Crippen molar-refractivity contribution in [1.29, 1.82) is 0 Å². The average Bonchev–Trinajstić information content (AvgIpc) is 3.05. The maximum absolute atomic E-state index is 14.8. The Morgan fingerprint density at radius 2 is 1.81 bits per heavy atom. The van der Waals surface area contributed by atoms with Crippen LogP contribution in [0.1, 0.15) is 31.4 Å². The minimum absolute atomic E-state index is 0.0288. The van der Waals surface area contributed by atoms with Crippen molar-refractivity contribution < 1.29 is 31.8 Å². The number of nitrogen functional groups attached to an aromatic ring is 1. The molecule has 0 spiro atoms. The molecule has 0 aliphatic heterocycles. The van der Waals surface area contributed by atoms with E-state index in [2.05, 4.69) is 20.3 Å². The van der Waals surface area contributed by atoms with Crippen LogP contribution in [0, 0.1) is 18.6 Å². The Morgan fingerprint density at radius 1 is 1.00 bits per heavy atom. The molecule has 2 heterocycles. The second-order valence-electron chi connectivity index (χ2n) is 10.5.